The van der Waals surface area contributed by atoms with Gasteiger partial charge in [0, 0.05) is 24.2 Å². The Morgan fingerprint density at radius 2 is 1.89 bits per heavy atom. The lowest BCUT2D eigenvalue weighted by Gasteiger charge is -2.14. The Bertz CT molecular complexity index is 1540. The molecule has 0 aromatic carbocycles. The fourth-order valence-corrected chi connectivity index (χ4v) is 4.81. The smallest absolute Gasteiger partial charge is 0.309 e. The van der Waals surface area contributed by atoms with E-state index in [2.05, 4.69) is 20.5 Å². The molecule has 0 bridgehead atoms. The van der Waals surface area contributed by atoms with Crippen molar-refractivity contribution in [2.75, 3.05) is 5.32 Å². The molecule has 0 fully saturated rings. The first-order chi connectivity index (χ1) is 16.9. The van der Waals surface area contributed by atoms with E-state index >= 15 is 0 Å². The van der Waals surface area contributed by atoms with E-state index < -0.39 is 34.9 Å². The number of anilines is 1. The molecule has 0 aliphatic carbocycles. The van der Waals surface area contributed by atoms with Gasteiger partial charge in [-0.3, -0.25) is 29.1 Å². The van der Waals surface area contributed by atoms with Gasteiger partial charge in [-0.05, 0) is 32.4 Å². The number of hydrogen-bond acceptors (Lipinski definition) is 8. The molecule has 4 aromatic rings. The zero-order valence-corrected chi connectivity index (χ0v) is 20.3. The number of nitrogens with zero attached hydrogens (tertiary/aromatic N) is 6. The minimum absolute atomic E-state index is 0.00398. The van der Waals surface area contributed by atoms with Crippen LogP contribution in [0.4, 0.5) is 20.2 Å². The maximum atomic E-state index is 13.7. The van der Waals surface area contributed by atoms with E-state index in [1.165, 1.54) is 24.6 Å². The number of nitrogens with one attached hydrogen (secondary N) is 1. The van der Waals surface area contributed by atoms with E-state index in [-0.39, 0.29) is 37.7 Å². The van der Waals surface area contributed by atoms with Gasteiger partial charge in [-0.1, -0.05) is 0 Å². The van der Waals surface area contributed by atoms with Crippen molar-refractivity contribution in [1.82, 2.24) is 24.5 Å². The molecule has 0 aliphatic rings. The number of carbonyl (C=O) groups is 2. The molecule has 36 heavy (non-hydrogen) atoms. The number of hydrogen-bond donors (Lipinski definition) is 2. The van der Waals surface area contributed by atoms with Crippen molar-refractivity contribution < 1.29 is 23.3 Å². The van der Waals surface area contributed by atoms with Crippen molar-refractivity contribution in [3.8, 4) is 11.1 Å². The van der Waals surface area contributed by atoms with Crippen LogP contribution in [0.25, 0.3) is 21.3 Å². The van der Waals surface area contributed by atoms with E-state index in [4.69, 9.17) is 5.73 Å². The number of thiophene rings is 1. The number of carbonyl (C=O) groups excluding carboxylic acids is 2. The molecule has 4 rings (SSSR count). The zero-order chi connectivity index (χ0) is 26.5. The molecule has 0 saturated heterocycles. The number of primary amides is 1. The highest BCUT2D eigenvalue weighted by Crippen LogP contribution is 2.43. The SMILES string of the molecule is Cc1nn(C)cc1-c1cc(C(F)F)nc2sc(C(N)=O)c(NC(=O)C(C)n3cc([N+](=O)[O-])c(C)n3)c12. The van der Waals surface area contributed by atoms with E-state index in [1.54, 1.807) is 20.2 Å². The number of fused-ring (bicyclic) bond motifs is 1. The molecule has 1 atom stereocenters. The molecule has 3 N–H and O–H groups in total. The Morgan fingerprint density at radius 1 is 1.19 bits per heavy atom. The second-order valence-corrected chi connectivity index (χ2v) is 9.05. The van der Waals surface area contributed by atoms with Gasteiger partial charge in [0.15, 0.2) is 0 Å². The summed E-state index contributed by atoms with van der Waals surface area (Å²) >= 11 is 0.772. The number of aromatic nitrogens is 5. The van der Waals surface area contributed by atoms with Crippen molar-refractivity contribution >= 4 is 44.7 Å². The third-order valence-electron chi connectivity index (χ3n) is 5.54. The highest BCUT2D eigenvalue weighted by atomic mass is 32.1. The van der Waals surface area contributed by atoms with Crippen LogP contribution in [0.3, 0.4) is 0 Å². The Kier molecular flexibility index (Phi) is 6.26. The Hall–Kier alpha value is -4.27. The molecule has 1 unspecified atom stereocenters. The second kappa shape index (κ2) is 9.07. The highest BCUT2D eigenvalue weighted by molar-refractivity contribution is 7.21. The largest absolute Gasteiger partial charge is 0.365 e. The van der Waals surface area contributed by atoms with Crippen LogP contribution >= 0.6 is 11.3 Å². The number of rotatable bonds is 7. The van der Waals surface area contributed by atoms with Crippen molar-refractivity contribution in [2.45, 2.75) is 33.2 Å². The number of halogens is 2. The third-order valence-corrected chi connectivity index (χ3v) is 6.64. The summed E-state index contributed by atoms with van der Waals surface area (Å²) in [7, 11) is 1.67. The molecule has 0 radical (unpaired) electrons. The second-order valence-electron chi connectivity index (χ2n) is 8.05. The summed E-state index contributed by atoms with van der Waals surface area (Å²) < 4.78 is 30.0. The van der Waals surface area contributed by atoms with Gasteiger partial charge in [0.05, 0.1) is 16.3 Å². The molecule has 4 heterocycles. The highest BCUT2D eigenvalue weighted by Gasteiger charge is 2.28. The lowest BCUT2D eigenvalue weighted by Crippen LogP contribution is -2.25. The predicted octanol–water partition coefficient (Wildman–Crippen LogP) is 3.65. The van der Waals surface area contributed by atoms with Gasteiger partial charge >= 0.3 is 5.69 Å². The van der Waals surface area contributed by atoms with Gasteiger partial charge < -0.3 is 11.1 Å². The van der Waals surface area contributed by atoms with E-state index in [9.17, 15) is 28.5 Å². The molecular weight excluding hydrogens is 498 g/mol. The summed E-state index contributed by atoms with van der Waals surface area (Å²) in [6.45, 7) is 4.59. The van der Waals surface area contributed by atoms with Crippen molar-refractivity contribution in [2.24, 2.45) is 12.8 Å². The maximum Gasteiger partial charge on any atom is 0.309 e. The van der Waals surface area contributed by atoms with Crippen LogP contribution in [0.15, 0.2) is 18.5 Å². The third kappa shape index (κ3) is 4.28. The quantitative estimate of drug-likeness (QED) is 0.278. The maximum absolute atomic E-state index is 13.7. The molecule has 0 aliphatic heterocycles. The molecule has 0 saturated carbocycles. The first kappa shape index (κ1) is 24.8. The average molecular weight is 519 g/mol. The number of aryl methyl sites for hydroxylation is 3. The summed E-state index contributed by atoms with van der Waals surface area (Å²) in [4.78, 5) is 40.0. The predicted molar refractivity (Wildman–Crippen MR) is 127 cm³/mol. The van der Waals surface area contributed by atoms with Crippen molar-refractivity contribution in [3.63, 3.8) is 0 Å². The van der Waals surface area contributed by atoms with Crippen LogP contribution in [0, 0.1) is 24.0 Å². The Balaban J connectivity index is 1.88. The summed E-state index contributed by atoms with van der Waals surface area (Å²) in [5, 5.41) is 22.3. The summed E-state index contributed by atoms with van der Waals surface area (Å²) in [5.74, 6) is -1.56. The van der Waals surface area contributed by atoms with E-state index in [0.717, 1.165) is 22.2 Å². The standard InChI is InChI=1S/C21H20F2N8O4S/c1-8-12(6-29(4)27-8)11-5-13(18(22)23)25-21-15(11)16(17(36-21)19(24)32)26-20(33)10(3)30-7-14(31(34)35)9(2)28-30/h5-7,10,18H,1-4H3,(H2,24,32)(H,26,33). The topological polar surface area (TPSA) is 164 Å². The number of amides is 2. The van der Waals surface area contributed by atoms with Crippen LogP contribution in [-0.4, -0.2) is 41.3 Å². The molecule has 0 spiro atoms. The summed E-state index contributed by atoms with van der Waals surface area (Å²) in [5.41, 5.74) is 6.23. The van der Waals surface area contributed by atoms with Crippen LogP contribution < -0.4 is 11.1 Å². The van der Waals surface area contributed by atoms with E-state index in [1.807, 2.05) is 0 Å². The monoisotopic (exact) mass is 518 g/mol. The minimum atomic E-state index is -2.89. The lowest BCUT2D eigenvalue weighted by atomic mass is 10.0. The average Bonchev–Trinajstić information content (AvgIpc) is 3.47. The molecule has 12 nitrogen and oxygen atoms in total. The van der Waals surface area contributed by atoms with Gasteiger partial charge in [-0.25, -0.2) is 13.8 Å². The molecular formula is C21H20F2N8O4S. The summed E-state index contributed by atoms with van der Waals surface area (Å²) in [6, 6.07) is 0.165. The van der Waals surface area contributed by atoms with Gasteiger partial charge in [0.25, 0.3) is 12.3 Å². The van der Waals surface area contributed by atoms with Gasteiger partial charge in [-0.15, -0.1) is 11.3 Å². The van der Waals surface area contributed by atoms with Crippen molar-refractivity contribution in [3.05, 3.63) is 50.5 Å². The zero-order valence-electron chi connectivity index (χ0n) is 19.4. The van der Waals surface area contributed by atoms with Crippen LogP contribution in [0.1, 0.15) is 46.1 Å². The van der Waals surface area contributed by atoms with Gasteiger partial charge in [0.1, 0.15) is 33.3 Å². The fraction of sp³-hybridized carbons (Fsp3) is 0.286. The van der Waals surface area contributed by atoms with E-state index in [0.29, 0.717) is 11.3 Å². The molecule has 188 valence electrons. The number of alkyl halides is 2. The molecule has 15 heteroatoms. The van der Waals surface area contributed by atoms with Crippen LogP contribution in [0.2, 0.25) is 0 Å². The van der Waals surface area contributed by atoms with Gasteiger partial charge in [-0.2, -0.15) is 10.2 Å². The van der Waals surface area contributed by atoms with Crippen LogP contribution in [-0.2, 0) is 11.8 Å². The van der Waals surface area contributed by atoms with Gasteiger partial charge in [0.2, 0.25) is 5.91 Å². The van der Waals surface area contributed by atoms with Crippen molar-refractivity contribution in [1.29, 1.82) is 0 Å². The number of pyridine rings is 1. The Morgan fingerprint density at radius 3 is 2.42 bits per heavy atom. The minimum Gasteiger partial charge on any atom is -0.365 e. The first-order valence-electron chi connectivity index (χ1n) is 10.5. The lowest BCUT2D eigenvalue weighted by molar-refractivity contribution is -0.385. The molecule has 2 amide bonds. The molecule has 4 aromatic heterocycles. The van der Waals surface area contributed by atoms with Crippen LogP contribution in [0.5, 0.6) is 0 Å². The first-order valence-corrected chi connectivity index (χ1v) is 11.3. The Labute approximate surface area is 205 Å². The summed E-state index contributed by atoms with van der Waals surface area (Å²) in [6.07, 6.45) is -0.136. The normalized spacial score (nSPS) is 12.3. The number of nitro groups is 1. The fourth-order valence-electron chi connectivity index (χ4n) is 3.80. The number of nitrogens with two attached hydrogens (primary N) is 1.